The first kappa shape index (κ1) is 13.8. The molecular weight excluding hydrogens is 278 g/mol. The molecule has 0 aliphatic carbocycles. The predicted octanol–water partition coefficient (Wildman–Crippen LogP) is 5.67. The Balaban J connectivity index is 1.94. The molecule has 1 nitrogen and oxygen atoms in total. The molecule has 0 aliphatic rings. The lowest BCUT2D eigenvalue weighted by Crippen LogP contribution is -2.01. The molecule has 1 aromatic heterocycles. The van der Waals surface area contributed by atoms with Crippen LogP contribution < -0.4 is 0 Å². The highest BCUT2D eigenvalue weighted by Gasteiger charge is 2.15. The molecule has 1 heterocycles. The van der Waals surface area contributed by atoms with Crippen LogP contribution >= 0.6 is 0 Å². The zero-order chi connectivity index (χ0) is 15.6. The van der Waals surface area contributed by atoms with Gasteiger partial charge in [0.1, 0.15) is 0 Å². The minimum Gasteiger partial charge on any atom is -0.340 e. The van der Waals surface area contributed by atoms with Crippen LogP contribution in [0.5, 0.6) is 0 Å². The van der Waals surface area contributed by atoms with Gasteiger partial charge in [-0.3, -0.25) is 0 Å². The molecular formula is C22H19N. The zero-order valence-electron chi connectivity index (χ0n) is 13.2. The quantitative estimate of drug-likeness (QED) is 0.459. The number of hydrogen-bond donors (Lipinski definition) is 0. The topological polar surface area (TPSA) is 4.93 Å². The molecule has 0 radical (unpaired) electrons. The van der Waals surface area contributed by atoms with Gasteiger partial charge in [0.15, 0.2) is 0 Å². The molecule has 0 bridgehead atoms. The van der Waals surface area contributed by atoms with Gasteiger partial charge in [-0.1, -0.05) is 78.9 Å². The second-order valence-electron chi connectivity index (χ2n) is 5.92. The molecule has 4 aromatic rings. The SMILES string of the molecule is Cc1c(-c2ccccc2)c2ccccc2n1Cc1ccccc1. The van der Waals surface area contributed by atoms with Crippen molar-refractivity contribution in [2.24, 2.45) is 0 Å². The first-order valence-electron chi connectivity index (χ1n) is 8.02. The maximum atomic E-state index is 2.42. The number of benzene rings is 3. The van der Waals surface area contributed by atoms with E-state index in [1.165, 1.54) is 33.3 Å². The maximum Gasteiger partial charge on any atom is 0.0492 e. The summed E-state index contributed by atoms with van der Waals surface area (Å²) in [6.07, 6.45) is 0. The van der Waals surface area contributed by atoms with E-state index in [0.29, 0.717) is 0 Å². The lowest BCUT2D eigenvalue weighted by molar-refractivity contribution is 0.806. The number of aromatic nitrogens is 1. The minimum atomic E-state index is 0.903. The van der Waals surface area contributed by atoms with E-state index in [2.05, 4.69) is 96.4 Å². The van der Waals surface area contributed by atoms with Crippen molar-refractivity contribution in [2.45, 2.75) is 13.5 Å². The van der Waals surface area contributed by atoms with Crippen molar-refractivity contribution in [3.8, 4) is 11.1 Å². The van der Waals surface area contributed by atoms with E-state index >= 15 is 0 Å². The van der Waals surface area contributed by atoms with Gasteiger partial charge in [0.05, 0.1) is 0 Å². The number of para-hydroxylation sites is 1. The van der Waals surface area contributed by atoms with Crippen molar-refractivity contribution in [3.05, 3.63) is 96.2 Å². The van der Waals surface area contributed by atoms with Crippen LogP contribution in [0.4, 0.5) is 0 Å². The number of rotatable bonds is 3. The highest BCUT2D eigenvalue weighted by Crippen LogP contribution is 2.34. The van der Waals surface area contributed by atoms with Crippen LogP contribution in [0.1, 0.15) is 11.3 Å². The molecule has 3 aromatic carbocycles. The van der Waals surface area contributed by atoms with Gasteiger partial charge in [0.2, 0.25) is 0 Å². The van der Waals surface area contributed by atoms with E-state index in [4.69, 9.17) is 0 Å². The Hall–Kier alpha value is -2.80. The third-order valence-corrected chi connectivity index (χ3v) is 4.48. The average molecular weight is 297 g/mol. The Morgan fingerprint density at radius 2 is 1.30 bits per heavy atom. The van der Waals surface area contributed by atoms with E-state index in [1.807, 2.05) is 0 Å². The summed E-state index contributed by atoms with van der Waals surface area (Å²) >= 11 is 0. The summed E-state index contributed by atoms with van der Waals surface area (Å²) < 4.78 is 2.42. The average Bonchev–Trinajstić information content (AvgIpc) is 2.89. The Morgan fingerprint density at radius 1 is 0.696 bits per heavy atom. The van der Waals surface area contributed by atoms with Crippen molar-refractivity contribution in [3.63, 3.8) is 0 Å². The largest absolute Gasteiger partial charge is 0.340 e. The second kappa shape index (κ2) is 5.77. The van der Waals surface area contributed by atoms with Crippen molar-refractivity contribution in [1.29, 1.82) is 0 Å². The third kappa shape index (κ3) is 2.44. The summed E-state index contributed by atoms with van der Waals surface area (Å²) in [6.45, 7) is 3.13. The standard InChI is InChI=1S/C22H19N/c1-17-22(19-12-6-3-7-13-19)20-14-8-9-15-21(20)23(17)16-18-10-4-2-5-11-18/h2-15H,16H2,1H3. The van der Waals surface area contributed by atoms with Crippen LogP contribution in [0.25, 0.3) is 22.0 Å². The van der Waals surface area contributed by atoms with Crippen molar-refractivity contribution >= 4 is 10.9 Å². The Morgan fingerprint density at radius 3 is 2.04 bits per heavy atom. The predicted molar refractivity (Wildman–Crippen MR) is 97.7 cm³/mol. The fourth-order valence-corrected chi connectivity index (χ4v) is 3.37. The Bertz CT molecular complexity index is 934. The summed E-state index contributed by atoms with van der Waals surface area (Å²) in [5, 5.41) is 1.33. The molecule has 1 heteroatoms. The first-order chi connectivity index (χ1) is 11.3. The summed E-state index contributed by atoms with van der Waals surface area (Å²) in [6, 6.07) is 30.0. The fraction of sp³-hybridized carbons (Fsp3) is 0.0909. The molecule has 0 unspecified atom stereocenters. The summed E-state index contributed by atoms with van der Waals surface area (Å²) in [4.78, 5) is 0. The molecule has 0 N–H and O–H groups in total. The normalized spacial score (nSPS) is 11.0. The highest BCUT2D eigenvalue weighted by molar-refractivity contribution is 5.98. The smallest absolute Gasteiger partial charge is 0.0492 e. The van der Waals surface area contributed by atoms with E-state index in [-0.39, 0.29) is 0 Å². The summed E-state index contributed by atoms with van der Waals surface area (Å²) in [7, 11) is 0. The van der Waals surface area contributed by atoms with E-state index in [9.17, 15) is 0 Å². The van der Waals surface area contributed by atoms with Gasteiger partial charge in [0.25, 0.3) is 0 Å². The molecule has 0 amide bonds. The van der Waals surface area contributed by atoms with Gasteiger partial charge in [-0.05, 0) is 24.1 Å². The van der Waals surface area contributed by atoms with Crippen LogP contribution in [-0.2, 0) is 6.54 Å². The van der Waals surface area contributed by atoms with Crippen LogP contribution in [0.15, 0.2) is 84.9 Å². The minimum absolute atomic E-state index is 0.903. The molecule has 0 spiro atoms. The van der Waals surface area contributed by atoms with Gasteiger partial charge in [-0.25, -0.2) is 0 Å². The van der Waals surface area contributed by atoms with Crippen LogP contribution in [0.3, 0.4) is 0 Å². The maximum absolute atomic E-state index is 2.42. The Kier molecular flexibility index (Phi) is 3.47. The van der Waals surface area contributed by atoms with Crippen LogP contribution in [0.2, 0.25) is 0 Å². The van der Waals surface area contributed by atoms with Crippen molar-refractivity contribution < 1.29 is 0 Å². The number of nitrogens with zero attached hydrogens (tertiary/aromatic N) is 1. The van der Waals surface area contributed by atoms with E-state index < -0.39 is 0 Å². The molecule has 4 rings (SSSR count). The number of fused-ring (bicyclic) bond motifs is 1. The summed E-state index contributed by atoms with van der Waals surface area (Å²) in [5.74, 6) is 0. The third-order valence-electron chi connectivity index (χ3n) is 4.48. The molecule has 0 saturated heterocycles. The molecule has 0 aliphatic heterocycles. The summed E-state index contributed by atoms with van der Waals surface area (Å²) in [5.41, 5.74) is 6.58. The first-order valence-corrected chi connectivity index (χ1v) is 8.02. The van der Waals surface area contributed by atoms with Crippen molar-refractivity contribution in [2.75, 3.05) is 0 Å². The molecule has 0 saturated carbocycles. The van der Waals surface area contributed by atoms with Gasteiger partial charge in [-0.15, -0.1) is 0 Å². The molecule has 0 fully saturated rings. The van der Waals surface area contributed by atoms with E-state index in [0.717, 1.165) is 6.54 Å². The van der Waals surface area contributed by atoms with Crippen molar-refractivity contribution in [1.82, 2.24) is 4.57 Å². The molecule has 0 atom stereocenters. The van der Waals surface area contributed by atoms with E-state index in [1.54, 1.807) is 0 Å². The Labute approximate surface area is 136 Å². The van der Waals surface area contributed by atoms with Gasteiger partial charge >= 0.3 is 0 Å². The van der Waals surface area contributed by atoms with Gasteiger partial charge < -0.3 is 4.57 Å². The molecule has 23 heavy (non-hydrogen) atoms. The van der Waals surface area contributed by atoms with Crippen LogP contribution in [0, 0.1) is 6.92 Å². The second-order valence-corrected chi connectivity index (χ2v) is 5.92. The van der Waals surface area contributed by atoms with Crippen LogP contribution in [-0.4, -0.2) is 4.57 Å². The highest BCUT2D eigenvalue weighted by atomic mass is 15.0. The van der Waals surface area contributed by atoms with Gasteiger partial charge in [-0.2, -0.15) is 0 Å². The van der Waals surface area contributed by atoms with Gasteiger partial charge in [0, 0.05) is 28.7 Å². The lowest BCUT2D eigenvalue weighted by atomic mass is 10.0. The lowest BCUT2D eigenvalue weighted by Gasteiger charge is -2.09. The zero-order valence-corrected chi connectivity index (χ0v) is 13.2. The fourth-order valence-electron chi connectivity index (χ4n) is 3.37. The molecule has 112 valence electrons. The number of hydrogen-bond acceptors (Lipinski definition) is 0. The monoisotopic (exact) mass is 297 g/mol.